The molecular weight excluding hydrogens is 831 g/mol. The molecule has 0 spiro atoms. The molecule has 4 aromatic rings. The minimum Gasteiger partial charge on any atom is -0.459 e. The molecule has 1 fully saturated rings. The van der Waals surface area contributed by atoms with Crippen molar-refractivity contribution in [3.05, 3.63) is 142 Å². The normalized spacial score (nSPS) is 23.1. The van der Waals surface area contributed by atoms with Gasteiger partial charge >= 0.3 is 0 Å². The number of oxime groups is 1. The van der Waals surface area contributed by atoms with E-state index < -0.39 is 22.7 Å². The molecule has 14 heteroatoms. The number of aliphatic hydroxyl groups excluding tert-OH is 2. The largest absolute Gasteiger partial charge is 0.459 e. The Hall–Kier alpha value is -6.22. The minimum atomic E-state index is -1.47. The van der Waals surface area contributed by atoms with Crippen molar-refractivity contribution in [3.63, 3.8) is 0 Å². The monoisotopic (exact) mass is 887 g/mol. The van der Waals surface area contributed by atoms with Gasteiger partial charge in [-0.05, 0) is 97.5 Å². The molecule has 0 radical (unpaired) electrons. The summed E-state index contributed by atoms with van der Waals surface area (Å²) < 4.78 is 32.2. The molecule has 0 aromatic heterocycles. The van der Waals surface area contributed by atoms with E-state index in [1.54, 1.807) is 42.5 Å². The van der Waals surface area contributed by atoms with Crippen LogP contribution in [0.15, 0.2) is 120 Å². The SMILES string of the molecule is C=CCOC12Oc3ccc(Oc4cccc([N+](=O)[O-])c4)cc3C3C(CCCCO)C(CCCCO)C=C(C(=NOCc4ccccc4)CC1N(CCC)C(=O)c1ccc4c(c1)OCO4)C32. The zero-order chi connectivity index (χ0) is 45.3. The lowest BCUT2D eigenvalue weighted by molar-refractivity contribution is -0.384. The molecule has 2 N–H and O–H groups in total. The van der Waals surface area contributed by atoms with E-state index in [0.29, 0.717) is 65.8 Å². The van der Waals surface area contributed by atoms with Crippen molar-refractivity contribution >= 4 is 17.3 Å². The topological polar surface area (TPSA) is 172 Å². The quantitative estimate of drug-likeness (QED) is 0.0353. The first-order valence-electron chi connectivity index (χ1n) is 22.7. The smallest absolute Gasteiger partial charge is 0.273 e. The van der Waals surface area contributed by atoms with Gasteiger partial charge in [0.15, 0.2) is 11.5 Å². The third kappa shape index (κ3) is 9.61. The number of nitrogens with zero attached hydrogens (tertiary/aromatic N) is 3. The van der Waals surface area contributed by atoms with E-state index in [2.05, 4.69) is 12.7 Å². The summed E-state index contributed by atoms with van der Waals surface area (Å²) in [5, 5.41) is 36.6. The number of hydrogen-bond acceptors (Lipinski definition) is 12. The maximum atomic E-state index is 15.2. The van der Waals surface area contributed by atoms with Gasteiger partial charge in [-0.2, -0.15) is 0 Å². The van der Waals surface area contributed by atoms with Crippen LogP contribution < -0.4 is 18.9 Å². The number of benzene rings is 4. The van der Waals surface area contributed by atoms with Gasteiger partial charge in [0.1, 0.15) is 29.9 Å². The predicted molar refractivity (Wildman–Crippen MR) is 243 cm³/mol. The van der Waals surface area contributed by atoms with E-state index in [1.807, 2.05) is 54.3 Å². The average molecular weight is 888 g/mol. The van der Waals surface area contributed by atoms with Crippen LogP contribution in [0.2, 0.25) is 0 Å². The average Bonchev–Trinajstić information content (AvgIpc) is 3.80. The van der Waals surface area contributed by atoms with Crippen LogP contribution in [0.1, 0.15) is 85.7 Å². The molecule has 1 amide bonds. The van der Waals surface area contributed by atoms with Crippen LogP contribution in [-0.2, 0) is 16.2 Å². The predicted octanol–water partition coefficient (Wildman–Crippen LogP) is 9.50. The van der Waals surface area contributed by atoms with E-state index in [9.17, 15) is 20.3 Å². The lowest BCUT2D eigenvalue weighted by atomic mass is 9.55. The number of allylic oxidation sites excluding steroid dienone is 1. The van der Waals surface area contributed by atoms with Crippen LogP contribution in [0.25, 0.3) is 0 Å². The van der Waals surface area contributed by atoms with E-state index in [-0.39, 0.29) is 69.0 Å². The molecule has 2 heterocycles. The number of ether oxygens (including phenoxy) is 5. The Morgan fingerprint density at radius 3 is 2.48 bits per heavy atom. The molecule has 0 saturated heterocycles. The fraction of sp³-hybridized carbons (Fsp3) is 0.412. The van der Waals surface area contributed by atoms with Gasteiger partial charge in [0.05, 0.1) is 29.2 Å². The number of carbonyl (C=O) groups is 1. The molecule has 1 saturated carbocycles. The third-order valence-corrected chi connectivity index (χ3v) is 12.9. The Kier molecular flexibility index (Phi) is 14.5. The minimum absolute atomic E-state index is 0.0128. The standard InChI is InChI=1S/C51H57N3O11/c1-3-23-53(50(57)36-19-21-45-46(28-36)61-33-60-45)47-31-43(52-63-32-34-13-6-5-7-14-34)41-27-35(15-8-10-24-55)40(18-9-11-25-56)48-42-30-39(64-38-17-12-16-37(29-38)54(58)59)20-22-44(42)65-51(47,49(41)48)62-26-4-2/h4-7,12-14,16-17,19-22,27-30,35,40,47-49,55-56H,2-3,8-11,15,18,23-26,31-33H2,1H3. The van der Waals surface area contributed by atoms with Crippen molar-refractivity contribution in [1.29, 1.82) is 0 Å². The second-order valence-corrected chi connectivity index (χ2v) is 17.0. The fourth-order valence-corrected chi connectivity index (χ4v) is 10.1. The number of nitro groups is 1. The number of nitro benzene ring substituents is 1. The number of non-ortho nitro benzene ring substituents is 1. The molecule has 0 bridgehead atoms. The highest BCUT2D eigenvalue weighted by molar-refractivity contribution is 6.03. The van der Waals surface area contributed by atoms with Gasteiger partial charge in [0.25, 0.3) is 11.6 Å². The van der Waals surface area contributed by atoms with E-state index in [1.165, 1.54) is 12.1 Å². The summed E-state index contributed by atoms with van der Waals surface area (Å²) in [6.07, 6.45) is 9.17. The molecule has 14 nitrogen and oxygen atoms in total. The summed E-state index contributed by atoms with van der Waals surface area (Å²) in [5.74, 6) is -0.170. The summed E-state index contributed by atoms with van der Waals surface area (Å²) in [5.41, 5.74) is 3.72. The highest BCUT2D eigenvalue weighted by Gasteiger charge is 2.65. The van der Waals surface area contributed by atoms with Crippen LogP contribution in [-0.4, -0.2) is 76.6 Å². The van der Waals surface area contributed by atoms with Gasteiger partial charge in [-0.1, -0.05) is 73.5 Å². The van der Waals surface area contributed by atoms with Crippen molar-refractivity contribution < 1.29 is 48.5 Å². The molecule has 6 atom stereocenters. The Labute approximate surface area is 379 Å². The number of unbranched alkanes of at least 4 members (excludes halogenated alkanes) is 2. The molecule has 6 unspecified atom stereocenters. The van der Waals surface area contributed by atoms with Gasteiger partial charge in [-0.3, -0.25) is 14.9 Å². The van der Waals surface area contributed by atoms with Crippen molar-refractivity contribution in [3.8, 4) is 28.7 Å². The number of amides is 1. The van der Waals surface area contributed by atoms with Crippen molar-refractivity contribution in [2.24, 2.45) is 22.9 Å². The number of rotatable bonds is 21. The maximum Gasteiger partial charge on any atom is 0.273 e. The van der Waals surface area contributed by atoms with E-state index in [4.69, 9.17) is 33.7 Å². The first kappa shape index (κ1) is 45.4. The van der Waals surface area contributed by atoms with Crippen LogP contribution in [0.4, 0.5) is 5.69 Å². The van der Waals surface area contributed by atoms with E-state index in [0.717, 1.165) is 42.4 Å². The first-order valence-corrected chi connectivity index (χ1v) is 22.7. The molecule has 2 aliphatic carbocycles. The van der Waals surface area contributed by atoms with Gasteiger partial charge in [0, 0.05) is 49.3 Å². The second kappa shape index (κ2) is 20.7. The Morgan fingerprint density at radius 1 is 0.938 bits per heavy atom. The van der Waals surface area contributed by atoms with Gasteiger partial charge in [-0.25, -0.2) is 0 Å². The maximum absolute atomic E-state index is 15.2. The van der Waals surface area contributed by atoms with Gasteiger partial charge in [-0.15, -0.1) is 6.58 Å². The highest BCUT2D eigenvalue weighted by atomic mass is 16.7. The molecule has 65 heavy (non-hydrogen) atoms. The van der Waals surface area contributed by atoms with Gasteiger partial charge in [0.2, 0.25) is 12.6 Å². The fourth-order valence-electron chi connectivity index (χ4n) is 10.1. The summed E-state index contributed by atoms with van der Waals surface area (Å²) >= 11 is 0. The van der Waals surface area contributed by atoms with Crippen molar-refractivity contribution in [2.45, 2.75) is 82.6 Å². The lowest BCUT2D eigenvalue weighted by Crippen LogP contribution is -2.70. The Balaban J connectivity index is 1.32. The zero-order valence-electron chi connectivity index (χ0n) is 36.7. The summed E-state index contributed by atoms with van der Waals surface area (Å²) in [4.78, 5) is 34.5. The van der Waals surface area contributed by atoms with E-state index >= 15 is 4.79 Å². The van der Waals surface area contributed by atoms with Crippen molar-refractivity contribution in [2.75, 3.05) is 33.2 Å². The summed E-state index contributed by atoms with van der Waals surface area (Å²) in [7, 11) is 0. The highest BCUT2D eigenvalue weighted by Crippen LogP contribution is 2.62. The van der Waals surface area contributed by atoms with Crippen molar-refractivity contribution in [1.82, 2.24) is 4.90 Å². The Bertz CT molecular complexity index is 2390. The Morgan fingerprint density at radius 2 is 1.71 bits per heavy atom. The first-order chi connectivity index (χ1) is 31.8. The number of hydrogen-bond donors (Lipinski definition) is 2. The second-order valence-electron chi connectivity index (χ2n) is 17.0. The number of carbonyl (C=O) groups excluding carboxylic acids is 1. The van der Waals surface area contributed by atoms with Crippen LogP contribution in [0, 0.1) is 27.9 Å². The zero-order valence-corrected chi connectivity index (χ0v) is 36.7. The van der Waals surface area contributed by atoms with Crippen LogP contribution in [0.3, 0.4) is 0 Å². The lowest BCUT2D eigenvalue weighted by Gasteiger charge is -2.60. The van der Waals surface area contributed by atoms with Crippen LogP contribution >= 0.6 is 0 Å². The molecular formula is C51H57N3O11. The molecule has 342 valence electrons. The molecule has 4 aliphatic rings. The number of aliphatic hydroxyl groups is 2. The van der Waals surface area contributed by atoms with Crippen LogP contribution in [0.5, 0.6) is 28.7 Å². The van der Waals surface area contributed by atoms with Gasteiger partial charge < -0.3 is 43.6 Å². The summed E-state index contributed by atoms with van der Waals surface area (Å²) in [6.45, 7) is 6.97. The third-order valence-electron chi connectivity index (χ3n) is 12.9. The number of fused-ring (bicyclic) bond motifs is 3. The summed E-state index contributed by atoms with van der Waals surface area (Å²) in [6, 6.07) is 26.0. The molecule has 4 aromatic carbocycles. The molecule has 2 aliphatic heterocycles. The molecule has 8 rings (SSSR count).